The lowest BCUT2D eigenvalue weighted by Gasteiger charge is -2.07. The van der Waals surface area contributed by atoms with Crippen molar-refractivity contribution in [2.24, 2.45) is 0 Å². The molecule has 7 nitrogen and oxygen atoms in total. The molecule has 0 saturated heterocycles. The summed E-state index contributed by atoms with van der Waals surface area (Å²) in [4.78, 5) is 35.3. The summed E-state index contributed by atoms with van der Waals surface area (Å²) in [7, 11) is 0. The number of hydrogen-bond acceptors (Lipinski definition) is 5. The van der Waals surface area contributed by atoms with Gasteiger partial charge in [0.25, 0.3) is 5.91 Å². The van der Waals surface area contributed by atoms with Crippen molar-refractivity contribution in [3.63, 3.8) is 0 Å². The first kappa shape index (κ1) is 16.4. The van der Waals surface area contributed by atoms with Crippen molar-refractivity contribution in [3.8, 4) is 0 Å². The maximum absolute atomic E-state index is 13.4. The van der Waals surface area contributed by atoms with Gasteiger partial charge in [0.05, 0.1) is 11.2 Å². The lowest BCUT2D eigenvalue weighted by Crippen LogP contribution is -2.26. The molecule has 0 aliphatic rings. The van der Waals surface area contributed by atoms with Crippen LogP contribution in [0.3, 0.4) is 0 Å². The number of amides is 1. The summed E-state index contributed by atoms with van der Waals surface area (Å²) < 4.78 is 24.3. The SMILES string of the molecule is O=C(COC(=O)Cn1c(=O)oc2ccccc21)Nc1ccccc1F. The first-order chi connectivity index (χ1) is 12.0. The molecular formula is C17H13FN2O5. The Morgan fingerprint density at radius 2 is 1.84 bits per heavy atom. The Morgan fingerprint density at radius 3 is 2.64 bits per heavy atom. The third-order valence-electron chi connectivity index (χ3n) is 3.37. The molecule has 3 rings (SSSR count). The van der Waals surface area contributed by atoms with E-state index in [0.29, 0.717) is 11.1 Å². The predicted molar refractivity (Wildman–Crippen MR) is 86.5 cm³/mol. The molecule has 3 aromatic rings. The number of ether oxygens (including phenoxy) is 1. The predicted octanol–water partition coefficient (Wildman–Crippen LogP) is 1.92. The van der Waals surface area contributed by atoms with Gasteiger partial charge in [-0.3, -0.25) is 14.2 Å². The normalized spacial score (nSPS) is 10.6. The summed E-state index contributed by atoms with van der Waals surface area (Å²) in [5, 5.41) is 2.29. The summed E-state index contributed by atoms with van der Waals surface area (Å²) in [5.74, 6) is -2.78. The highest BCUT2D eigenvalue weighted by molar-refractivity contribution is 5.92. The van der Waals surface area contributed by atoms with Crippen LogP contribution in [0.1, 0.15) is 0 Å². The molecule has 2 aromatic carbocycles. The van der Waals surface area contributed by atoms with Crippen molar-refractivity contribution in [1.82, 2.24) is 4.57 Å². The third kappa shape index (κ3) is 3.74. The van der Waals surface area contributed by atoms with Gasteiger partial charge in [-0.15, -0.1) is 0 Å². The zero-order valence-electron chi connectivity index (χ0n) is 12.9. The Labute approximate surface area is 140 Å². The Morgan fingerprint density at radius 1 is 1.12 bits per heavy atom. The molecule has 0 fully saturated rings. The van der Waals surface area contributed by atoms with Gasteiger partial charge >= 0.3 is 11.7 Å². The highest BCUT2D eigenvalue weighted by Gasteiger charge is 2.15. The number of nitrogens with one attached hydrogen (secondary N) is 1. The van der Waals surface area contributed by atoms with Crippen LogP contribution in [0.4, 0.5) is 10.1 Å². The Balaban J connectivity index is 1.59. The quantitative estimate of drug-likeness (QED) is 0.714. The number of anilines is 1. The first-order valence-corrected chi connectivity index (χ1v) is 7.33. The van der Waals surface area contributed by atoms with Gasteiger partial charge in [-0.2, -0.15) is 0 Å². The molecule has 1 N–H and O–H groups in total. The number of benzene rings is 2. The van der Waals surface area contributed by atoms with Gasteiger partial charge in [-0.05, 0) is 24.3 Å². The van der Waals surface area contributed by atoms with Crippen LogP contribution >= 0.6 is 0 Å². The summed E-state index contributed by atoms with van der Waals surface area (Å²) in [6.45, 7) is -0.999. The Bertz CT molecular complexity index is 992. The first-order valence-electron chi connectivity index (χ1n) is 7.33. The van der Waals surface area contributed by atoms with Gasteiger partial charge in [0.15, 0.2) is 12.2 Å². The van der Waals surface area contributed by atoms with Crippen LogP contribution < -0.4 is 11.1 Å². The van der Waals surface area contributed by atoms with E-state index in [1.807, 2.05) is 0 Å². The fourth-order valence-electron chi connectivity index (χ4n) is 2.23. The molecule has 0 unspecified atom stereocenters. The highest BCUT2D eigenvalue weighted by Crippen LogP contribution is 2.13. The number of esters is 1. The van der Waals surface area contributed by atoms with Crippen LogP contribution in [-0.4, -0.2) is 23.1 Å². The maximum Gasteiger partial charge on any atom is 0.420 e. The van der Waals surface area contributed by atoms with Crippen LogP contribution in [0, 0.1) is 5.82 Å². The number of carbonyl (C=O) groups excluding carboxylic acids is 2. The molecule has 0 atom stereocenters. The lowest BCUT2D eigenvalue weighted by molar-refractivity contribution is -0.147. The molecule has 128 valence electrons. The number of oxazole rings is 1. The van der Waals surface area contributed by atoms with E-state index in [2.05, 4.69) is 5.32 Å². The second-order valence-electron chi connectivity index (χ2n) is 5.11. The van der Waals surface area contributed by atoms with E-state index in [-0.39, 0.29) is 5.69 Å². The molecule has 0 bridgehead atoms. The van der Waals surface area contributed by atoms with E-state index in [4.69, 9.17) is 9.15 Å². The molecule has 0 aliphatic heterocycles. The monoisotopic (exact) mass is 344 g/mol. The van der Waals surface area contributed by atoms with Crippen LogP contribution in [-0.2, 0) is 20.9 Å². The molecule has 1 amide bonds. The number of hydrogen-bond donors (Lipinski definition) is 1. The minimum absolute atomic E-state index is 0.0133. The number of para-hydroxylation sites is 3. The van der Waals surface area contributed by atoms with Gasteiger partial charge < -0.3 is 14.5 Å². The minimum atomic E-state index is -0.794. The Hall–Kier alpha value is -3.42. The second kappa shape index (κ2) is 7.00. The van der Waals surface area contributed by atoms with E-state index in [1.54, 1.807) is 30.3 Å². The molecule has 0 spiro atoms. The van der Waals surface area contributed by atoms with Crippen LogP contribution in [0.2, 0.25) is 0 Å². The van der Waals surface area contributed by atoms with Crippen LogP contribution in [0.5, 0.6) is 0 Å². The third-order valence-corrected chi connectivity index (χ3v) is 3.37. The van der Waals surface area contributed by atoms with E-state index >= 15 is 0 Å². The van der Waals surface area contributed by atoms with E-state index in [9.17, 15) is 18.8 Å². The van der Waals surface area contributed by atoms with Gasteiger partial charge in [-0.25, -0.2) is 9.18 Å². The molecular weight excluding hydrogens is 331 g/mol. The zero-order valence-corrected chi connectivity index (χ0v) is 12.9. The van der Waals surface area contributed by atoms with Gasteiger partial charge in [0.1, 0.15) is 12.4 Å². The lowest BCUT2D eigenvalue weighted by atomic mass is 10.3. The van der Waals surface area contributed by atoms with E-state index < -0.39 is 36.6 Å². The van der Waals surface area contributed by atoms with Crippen molar-refractivity contribution in [2.45, 2.75) is 6.54 Å². The molecule has 0 radical (unpaired) electrons. The van der Waals surface area contributed by atoms with Crippen molar-refractivity contribution in [1.29, 1.82) is 0 Å². The van der Waals surface area contributed by atoms with Crippen molar-refractivity contribution >= 4 is 28.7 Å². The van der Waals surface area contributed by atoms with Crippen molar-refractivity contribution in [3.05, 3.63) is 64.9 Å². The zero-order chi connectivity index (χ0) is 17.8. The average Bonchev–Trinajstić information content (AvgIpc) is 2.91. The molecule has 0 aliphatic carbocycles. The summed E-state index contributed by atoms with van der Waals surface area (Å²) in [5.41, 5.74) is 0.776. The summed E-state index contributed by atoms with van der Waals surface area (Å²) >= 11 is 0. The highest BCUT2D eigenvalue weighted by atomic mass is 19.1. The fourth-order valence-corrected chi connectivity index (χ4v) is 2.23. The van der Waals surface area contributed by atoms with E-state index in [1.165, 1.54) is 18.2 Å². The summed E-state index contributed by atoms with van der Waals surface area (Å²) in [6, 6.07) is 12.2. The van der Waals surface area contributed by atoms with Crippen LogP contribution in [0.15, 0.2) is 57.7 Å². The number of aromatic nitrogens is 1. The van der Waals surface area contributed by atoms with Gasteiger partial charge in [-0.1, -0.05) is 24.3 Å². The van der Waals surface area contributed by atoms with Crippen LogP contribution in [0.25, 0.3) is 11.1 Å². The Kier molecular flexibility index (Phi) is 4.60. The van der Waals surface area contributed by atoms with E-state index in [0.717, 1.165) is 4.57 Å². The number of nitrogens with zero attached hydrogens (tertiary/aromatic N) is 1. The average molecular weight is 344 g/mol. The molecule has 25 heavy (non-hydrogen) atoms. The molecule has 8 heteroatoms. The number of halogens is 1. The topological polar surface area (TPSA) is 90.5 Å². The minimum Gasteiger partial charge on any atom is -0.454 e. The number of rotatable bonds is 5. The number of fused-ring (bicyclic) bond motifs is 1. The second-order valence-corrected chi connectivity index (χ2v) is 5.11. The van der Waals surface area contributed by atoms with Crippen molar-refractivity contribution < 1.29 is 23.1 Å². The largest absolute Gasteiger partial charge is 0.454 e. The van der Waals surface area contributed by atoms with Crippen molar-refractivity contribution in [2.75, 3.05) is 11.9 Å². The van der Waals surface area contributed by atoms with Gasteiger partial charge in [0.2, 0.25) is 0 Å². The standard InChI is InChI=1S/C17H13FN2O5/c18-11-5-1-2-6-12(11)19-15(21)10-24-16(22)9-20-13-7-3-4-8-14(13)25-17(20)23/h1-8H,9-10H2,(H,19,21). The number of carbonyl (C=O) groups is 2. The van der Waals surface area contributed by atoms with Gasteiger partial charge in [0, 0.05) is 0 Å². The molecule has 1 heterocycles. The maximum atomic E-state index is 13.4. The smallest absolute Gasteiger partial charge is 0.420 e. The molecule has 1 aromatic heterocycles. The molecule has 0 saturated carbocycles. The summed E-state index contributed by atoms with van der Waals surface area (Å²) in [6.07, 6.45) is 0. The fraction of sp³-hybridized carbons (Fsp3) is 0.118.